The van der Waals surface area contributed by atoms with Crippen LogP contribution < -0.4 is 0 Å². The molecular weight excluding hydrogens is 802 g/mol. The standard InChI is InChI=1S/C8HF17O3S.C8H17IO3S/c9-1(10,3(13,14)5(17,18)7(21,22)23)2(11,12)4(15,16)6(19,20)8(24,25)29(26,27)28;1-2-3-4-5-6-7-8(9)13(10,11)12/h(H,26,27,28);8H,2-7H2,1H3,(H,10,11,12). The van der Waals surface area contributed by atoms with Crippen molar-refractivity contribution in [3.63, 3.8) is 0 Å². The van der Waals surface area contributed by atoms with Gasteiger partial charge in [-0.25, -0.2) is 0 Å². The second kappa shape index (κ2) is 13.4. The zero-order valence-corrected chi connectivity index (χ0v) is 23.8. The van der Waals surface area contributed by atoms with Gasteiger partial charge in [-0.1, -0.05) is 61.6 Å². The monoisotopic (exact) mass is 820 g/mol. The molecule has 0 fully saturated rings. The fourth-order valence-electron chi connectivity index (χ4n) is 2.37. The summed E-state index contributed by atoms with van der Waals surface area (Å²) in [5.74, 6) is -52.0. The van der Waals surface area contributed by atoms with E-state index in [0.29, 0.717) is 6.42 Å². The van der Waals surface area contributed by atoms with E-state index in [0.717, 1.165) is 19.3 Å². The molecule has 0 aliphatic heterocycles. The Morgan fingerprint density at radius 2 is 0.857 bits per heavy atom. The highest BCUT2D eigenvalue weighted by Crippen LogP contribution is 2.64. The van der Waals surface area contributed by atoms with Gasteiger partial charge in [0.1, 0.15) is 3.26 Å². The molecule has 0 rings (SSSR count). The molecule has 0 spiro atoms. The maximum atomic E-state index is 13.0. The van der Waals surface area contributed by atoms with Crippen LogP contribution in [0.15, 0.2) is 0 Å². The molecule has 42 heavy (non-hydrogen) atoms. The molecule has 26 heteroatoms. The van der Waals surface area contributed by atoms with Crippen LogP contribution in [0, 0.1) is 0 Å². The van der Waals surface area contributed by atoms with Gasteiger partial charge in [0.05, 0.1) is 0 Å². The Hall–Kier alpha value is -0.640. The zero-order chi connectivity index (χ0) is 34.8. The molecule has 256 valence electrons. The van der Waals surface area contributed by atoms with E-state index >= 15 is 0 Å². The predicted octanol–water partition coefficient (Wildman–Crippen LogP) is 7.84. The number of unbranched alkanes of at least 4 members (excludes halogenated alkanes) is 4. The van der Waals surface area contributed by atoms with Crippen molar-refractivity contribution in [1.82, 2.24) is 0 Å². The second-order valence-corrected chi connectivity index (χ2v) is 13.5. The first kappa shape index (κ1) is 43.5. The predicted molar refractivity (Wildman–Crippen MR) is 115 cm³/mol. The molecule has 2 N–H and O–H groups in total. The highest BCUT2D eigenvalue weighted by Gasteiger charge is 2.96. The van der Waals surface area contributed by atoms with Crippen molar-refractivity contribution in [2.75, 3.05) is 0 Å². The highest BCUT2D eigenvalue weighted by molar-refractivity contribution is 14.1. The molecule has 0 aliphatic rings. The Bertz CT molecular complexity index is 1110. The second-order valence-electron chi connectivity index (χ2n) is 8.06. The molecule has 0 aromatic carbocycles. The summed E-state index contributed by atoms with van der Waals surface area (Å²) in [5, 5.41) is -7.84. The summed E-state index contributed by atoms with van der Waals surface area (Å²) in [6.45, 7) is 2.14. The Morgan fingerprint density at radius 3 is 1.14 bits per heavy atom. The summed E-state index contributed by atoms with van der Waals surface area (Å²) in [5.41, 5.74) is 0. The summed E-state index contributed by atoms with van der Waals surface area (Å²) < 4.78 is 272. The highest BCUT2D eigenvalue weighted by atomic mass is 127. The molecule has 0 saturated heterocycles. The summed E-state index contributed by atoms with van der Waals surface area (Å²) >= 11 is 1.77. The van der Waals surface area contributed by atoms with E-state index in [-0.39, 0.29) is 0 Å². The van der Waals surface area contributed by atoms with Gasteiger partial charge in [0.15, 0.2) is 0 Å². The summed E-state index contributed by atoms with van der Waals surface area (Å²) in [4.78, 5) is 0. The van der Waals surface area contributed by atoms with Gasteiger partial charge in [0.2, 0.25) is 0 Å². The molecule has 0 amide bonds. The van der Waals surface area contributed by atoms with Crippen LogP contribution in [0.1, 0.15) is 45.4 Å². The van der Waals surface area contributed by atoms with Crippen LogP contribution in [0.5, 0.6) is 0 Å². The van der Waals surface area contributed by atoms with Gasteiger partial charge in [-0.2, -0.15) is 91.5 Å². The SMILES string of the molecule is CCCCCCCC(I)S(=O)(=O)O.O=S(=O)(O)C(F)(F)C(F)(F)C(F)(F)C(F)(F)C(F)(F)C(F)(F)C(F)(F)C(F)(F)F. The van der Waals surface area contributed by atoms with E-state index < -0.39 is 70.5 Å². The van der Waals surface area contributed by atoms with Crippen molar-refractivity contribution < 1.29 is 101 Å². The van der Waals surface area contributed by atoms with Crippen molar-refractivity contribution in [3.8, 4) is 0 Å². The Kier molecular flexibility index (Phi) is 13.9. The van der Waals surface area contributed by atoms with E-state index in [4.69, 9.17) is 9.11 Å². The normalized spacial score (nSPS) is 16.1. The summed E-state index contributed by atoms with van der Waals surface area (Å²) in [7, 11) is -11.7. The first-order valence-corrected chi connectivity index (χ1v) is 14.5. The molecule has 0 saturated carbocycles. The molecule has 1 unspecified atom stereocenters. The average molecular weight is 820 g/mol. The Morgan fingerprint density at radius 1 is 0.548 bits per heavy atom. The van der Waals surface area contributed by atoms with Crippen LogP contribution in [0.3, 0.4) is 0 Å². The lowest BCUT2D eigenvalue weighted by atomic mass is 9.91. The zero-order valence-electron chi connectivity index (χ0n) is 20.0. The molecule has 0 radical (unpaired) electrons. The van der Waals surface area contributed by atoms with Crippen molar-refractivity contribution in [2.24, 2.45) is 0 Å². The van der Waals surface area contributed by atoms with Crippen LogP contribution in [-0.4, -0.2) is 76.2 Å². The summed E-state index contributed by atoms with van der Waals surface area (Å²) in [6, 6.07) is 0. The molecule has 0 heterocycles. The van der Waals surface area contributed by atoms with Crippen LogP contribution in [-0.2, 0) is 20.2 Å². The van der Waals surface area contributed by atoms with E-state index in [9.17, 15) is 91.5 Å². The minimum absolute atomic E-state index is 0.559. The van der Waals surface area contributed by atoms with Crippen LogP contribution in [0.2, 0.25) is 0 Å². The van der Waals surface area contributed by atoms with Gasteiger partial charge < -0.3 is 0 Å². The minimum atomic E-state index is -8.89. The summed E-state index contributed by atoms with van der Waals surface area (Å²) in [6.07, 6.45) is -1.83. The van der Waals surface area contributed by atoms with Crippen molar-refractivity contribution in [2.45, 2.75) is 95.7 Å². The topological polar surface area (TPSA) is 109 Å². The molecule has 0 aromatic rings. The minimum Gasteiger partial charge on any atom is -0.285 e. The van der Waals surface area contributed by atoms with Gasteiger partial charge in [-0.3, -0.25) is 9.11 Å². The quantitative estimate of drug-likeness (QED) is 0.0609. The van der Waals surface area contributed by atoms with E-state index in [2.05, 4.69) is 6.92 Å². The lowest BCUT2D eigenvalue weighted by Crippen LogP contribution is -2.74. The Balaban J connectivity index is 0. The molecule has 0 aliphatic carbocycles. The van der Waals surface area contributed by atoms with Crippen LogP contribution in [0.4, 0.5) is 74.6 Å². The molecule has 0 aromatic heterocycles. The largest absolute Gasteiger partial charge is 0.460 e. The Labute approximate surface area is 239 Å². The van der Waals surface area contributed by atoms with Gasteiger partial charge in [-0.15, -0.1) is 0 Å². The smallest absolute Gasteiger partial charge is 0.285 e. The van der Waals surface area contributed by atoms with Crippen LogP contribution >= 0.6 is 22.6 Å². The van der Waals surface area contributed by atoms with Crippen LogP contribution in [0.25, 0.3) is 0 Å². The van der Waals surface area contributed by atoms with E-state index in [1.807, 2.05) is 0 Å². The first-order valence-electron chi connectivity index (χ1n) is 10.3. The third-order valence-corrected chi connectivity index (χ3v) is 9.21. The maximum absolute atomic E-state index is 13.0. The molecule has 0 bridgehead atoms. The van der Waals surface area contributed by atoms with Crippen molar-refractivity contribution in [3.05, 3.63) is 0 Å². The van der Waals surface area contributed by atoms with Gasteiger partial charge in [0.25, 0.3) is 10.1 Å². The molecule has 6 nitrogen and oxygen atoms in total. The molecular formula is C16H18F17IO6S2. The number of halogens is 18. The third-order valence-electron chi connectivity index (χ3n) is 4.88. The van der Waals surface area contributed by atoms with Gasteiger partial charge in [-0.05, 0) is 6.42 Å². The third kappa shape index (κ3) is 8.14. The van der Waals surface area contributed by atoms with E-state index in [1.165, 1.54) is 12.8 Å². The number of hydrogen-bond acceptors (Lipinski definition) is 4. The van der Waals surface area contributed by atoms with Crippen molar-refractivity contribution >= 4 is 42.8 Å². The van der Waals surface area contributed by atoms with Gasteiger partial charge in [0, 0.05) is 0 Å². The maximum Gasteiger partial charge on any atom is 0.460 e. The average Bonchev–Trinajstić information content (AvgIpc) is 2.76. The number of hydrogen-bond donors (Lipinski definition) is 2. The number of rotatable bonds is 14. The first-order chi connectivity index (χ1) is 18.0. The lowest BCUT2D eigenvalue weighted by molar-refractivity contribution is -0.458. The fraction of sp³-hybridized carbons (Fsp3) is 1.00. The number of alkyl halides is 18. The molecule has 1 atom stereocenters. The lowest BCUT2D eigenvalue weighted by Gasteiger charge is -2.42. The fourth-order valence-corrected chi connectivity index (χ4v) is 3.73. The van der Waals surface area contributed by atoms with E-state index in [1.54, 1.807) is 22.6 Å². The van der Waals surface area contributed by atoms with Crippen molar-refractivity contribution in [1.29, 1.82) is 0 Å². The van der Waals surface area contributed by atoms with Gasteiger partial charge >= 0.3 is 57.1 Å².